The largest absolute Gasteiger partial charge is 0.391 e. The van der Waals surface area contributed by atoms with E-state index in [1.165, 1.54) is 5.69 Å². The second-order valence-electron chi connectivity index (χ2n) is 6.49. The van der Waals surface area contributed by atoms with Crippen LogP contribution in [0.1, 0.15) is 18.4 Å². The number of nitrogens with zero attached hydrogens (tertiary/aromatic N) is 2. The highest BCUT2D eigenvalue weighted by Gasteiger charge is 2.31. The first-order valence-corrected chi connectivity index (χ1v) is 8.29. The minimum Gasteiger partial charge on any atom is -0.391 e. The molecule has 1 aliphatic heterocycles. The van der Waals surface area contributed by atoms with Crippen LogP contribution >= 0.6 is 0 Å². The molecule has 2 amide bonds. The van der Waals surface area contributed by atoms with E-state index in [4.69, 9.17) is 0 Å². The lowest BCUT2D eigenvalue weighted by atomic mass is 10.2. The highest BCUT2D eigenvalue weighted by molar-refractivity contribution is 5.73. The predicted octanol–water partition coefficient (Wildman–Crippen LogP) is 1.98. The van der Waals surface area contributed by atoms with Gasteiger partial charge < -0.3 is 20.2 Å². The van der Waals surface area contributed by atoms with Crippen molar-refractivity contribution >= 4 is 11.7 Å². The van der Waals surface area contributed by atoms with E-state index in [2.05, 4.69) is 34.5 Å². The fraction of sp³-hybridized carbons (Fsp3) is 0.500. The molecule has 0 saturated heterocycles. The molecular formula is C18H25N3O2. The topological polar surface area (TPSA) is 55.8 Å². The van der Waals surface area contributed by atoms with Crippen LogP contribution in [0, 0.1) is 5.92 Å². The Morgan fingerprint density at radius 1 is 1.30 bits per heavy atom. The van der Waals surface area contributed by atoms with Crippen LogP contribution in [0.15, 0.2) is 36.4 Å². The van der Waals surface area contributed by atoms with Crippen molar-refractivity contribution in [2.24, 2.45) is 5.92 Å². The average molecular weight is 315 g/mol. The van der Waals surface area contributed by atoms with Crippen molar-refractivity contribution in [2.75, 3.05) is 31.6 Å². The smallest absolute Gasteiger partial charge is 0.317 e. The number of nitrogens with one attached hydrogen (secondary N) is 1. The Morgan fingerprint density at radius 2 is 1.96 bits per heavy atom. The summed E-state index contributed by atoms with van der Waals surface area (Å²) in [6, 6.07) is 8.14. The Balaban J connectivity index is 1.44. The normalized spacial score (nSPS) is 18.1. The van der Waals surface area contributed by atoms with Crippen molar-refractivity contribution in [1.82, 2.24) is 10.2 Å². The second kappa shape index (κ2) is 7.04. The Labute approximate surface area is 137 Å². The van der Waals surface area contributed by atoms with Gasteiger partial charge in [-0.1, -0.05) is 24.3 Å². The SMILES string of the molecule is CN(CC(O)C1CC1)C(=O)NCc1ccc(N2CC=CC2)cc1. The van der Waals surface area contributed by atoms with Gasteiger partial charge in [0.15, 0.2) is 0 Å². The molecule has 0 radical (unpaired) electrons. The minimum absolute atomic E-state index is 0.141. The Morgan fingerprint density at radius 3 is 2.57 bits per heavy atom. The summed E-state index contributed by atoms with van der Waals surface area (Å²) in [5.74, 6) is 0.387. The van der Waals surface area contributed by atoms with Gasteiger partial charge in [0.1, 0.15) is 0 Å². The van der Waals surface area contributed by atoms with Crippen LogP contribution in [0.4, 0.5) is 10.5 Å². The van der Waals surface area contributed by atoms with Gasteiger partial charge >= 0.3 is 6.03 Å². The third-order valence-corrected chi connectivity index (χ3v) is 4.54. The number of anilines is 1. The molecule has 5 nitrogen and oxygen atoms in total. The fourth-order valence-corrected chi connectivity index (χ4v) is 2.82. The van der Waals surface area contributed by atoms with Crippen LogP contribution in [0.25, 0.3) is 0 Å². The number of amides is 2. The van der Waals surface area contributed by atoms with Gasteiger partial charge in [0, 0.05) is 38.9 Å². The molecule has 1 unspecified atom stereocenters. The number of urea groups is 1. The summed E-state index contributed by atoms with van der Waals surface area (Å²) in [4.78, 5) is 15.9. The molecule has 2 aliphatic rings. The molecule has 1 saturated carbocycles. The molecule has 2 N–H and O–H groups in total. The number of aliphatic hydroxyl groups excluding tert-OH is 1. The van der Waals surface area contributed by atoms with E-state index in [0.29, 0.717) is 19.0 Å². The van der Waals surface area contributed by atoms with Gasteiger partial charge in [0.05, 0.1) is 6.10 Å². The van der Waals surface area contributed by atoms with Crippen molar-refractivity contribution in [3.05, 3.63) is 42.0 Å². The number of rotatable bonds is 6. The van der Waals surface area contributed by atoms with Crippen molar-refractivity contribution in [2.45, 2.75) is 25.5 Å². The maximum atomic E-state index is 12.1. The van der Waals surface area contributed by atoms with E-state index in [1.807, 2.05) is 12.1 Å². The molecule has 0 bridgehead atoms. The van der Waals surface area contributed by atoms with Crippen LogP contribution in [-0.4, -0.2) is 48.8 Å². The summed E-state index contributed by atoms with van der Waals surface area (Å²) in [7, 11) is 1.73. The van der Waals surface area contributed by atoms with E-state index >= 15 is 0 Å². The first-order valence-electron chi connectivity index (χ1n) is 8.29. The molecule has 1 heterocycles. The number of likely N-dealkylation sites (N-methyl/N-ethyl adjacent to an activating group) is 1. The standard InChI is InChI=1S/C18H25N3O2/c1-20(13-17(22)15-6-7-15)18(23)19-12-14-4-8-16(9-5-14)21-10-2-3-11-21/h2-5,8-9,15,17,22H,6-7,10-13H2,1H3,(H,19,23). The molecule has 1 fully saturated rings. The third-order valence-electron chi connectivity index (χ3n) is 4.54. The number of hydrogen-bond donors (Lipinski definition) is 2. The number of hydrogen-bond acceptors (Lipinski definition) is 3. The summed E-state index contributed by atoms with van der Waals surface area (Å²) in [5, 5.41) is 12.8. The van der Waals surface area contributed by atoms with Crippen molar-refractivity contribution < 1.29 is 9.90 Å². The number of carbonyl (C=O) groups excluding carboxylic acids is 1. The highest BCUT2D eigenvalue weighted by atomic mass is 16.3. The highest BCUT2D eigenvalue weighted by Crippen LogP contribution is 2.32. The third kappa shape index (κ3) is 4.26. The second-order valence-corrected chi connectivity index (χ2v) is 6.49. The first-order chi connectivity index (χ1) is 11.1. The zero-order valence-corrected chi connectivity index (χ0v) is 13.6. The molecule has 1 aromatic carbocycles. The molecule has 0 spiro atoms. The lowest BCUT2D eigenvalue weighted by Crippen LogP contribution is -2.41. The van der Waals surface area contributed by atoms with E-state index in [-0.39, 0.29) is 12.1 Å². The van der Waals surface area contributed by atoms with Crippen LogP contribution < -0.4 is 10.2 Å². The number of carbonyl (C=O) groups is 1. The quantitative estimate of drug-likeness (QED) is 0.789. The Hall–Kier alpha value is -2.01. The molecule has 1 aromatic rings. The van der Waals surface area contributed by atoms with Crippen LogP contribution in [0.5, 0.6) is 0 Å². The summed E-state index contributed by atoms with van der Waals surface area (Å²) in [6.07, 6.45) is 6.10. The van der Waals surface area contributed by atoms with Crippen LogP contribution in [-0.2, 0) is 6.54 Å². The monoisotopic (exact) mass is 315 g/mol. The Bertz CT molecular complexity index is 558. The van der Waals surface area contributed by atoms with Gasteiger partial charge in [-0.2, -0.15) is 0 Å². The molecule has 5 heteroatoms. The van der Waals surface area contributed by atoms with Gasteiger partial charge in [-0.25, -0.2) is 4.79 Å². The zero-order chi connectivity index (χ0) is 16.2. The lowest BCUT2D eigenvalue weighted by molar-refractivity contribution is 0.113. The average Bonchev–Trinajstić information content (AvgIpc) is 3.28. The first kappa shape index (κ1) is 15.9. The summed E-state index contributed by atoms with van der Waals surface area (Å²) in [6.45, 7) is 2.83. The molecule has 124 valence electrons. The van der Waals surface area contributed by atoms with Crippen LogP contribution in [0.3, 0.4) is 0 Å². The number of aliphatic hydroxyl groups is 1. The van der Waals surface area contributed by atoms with Gasteiger partial charge in [-0.3, -0.25) is 0 Å². The molecule has 3 rings (SSSR count). The maximum Gasteiger partial charge on any atom is 0.317 e. The van der Waals surface area contributed by atoms with E-state index in [1.54, 1.807) is 11.9 Å². The summed E-state index contributed by atoms with van der Waals surface area (Å²) >= 11 is 0. The van der Waals surface area contributed by atoms with Gasteiger partial charge in [0.25, 0.3) is 0 Å². The lowest BCUT2D eigenvalue weighted by Gasteiger charge is -2.21. The zero-order valence-electron chi connectivity index (χ0n) is 13.6. The van der Waals surface area contributed by atoms with E-state index in [9.17, 15) is 9.90 Å². The van der Waals surface area contributed by atoms with Gasteiger partial charge in [-0.05, 0) is 36.5 Å². The van der Waals surface area contributed by atoms with Crippen molar-refractivity contribution in [3.8, 4) is 0 Å². The summed E-state index contributed by atoms with van der Waals surface area (Å²) < 4.78 is 0. The fourth-order valence-electron chi connectivity index (χ4n) is 2.82. The molecule has 1 atom stereocenters. The molecule has 1 aliphatic carbocycles. The summed E-state index contributed by atoms with van der Waals surface area (Å²) in [5.41, 5.74) is 2.28. The van der Waals surface area contributed by atoms with E-state index < -0.39 is 0 Å². The molecule has 0 aromatic heterocycles. The maximum absolute atomic E-state index is 12.1. The predicted molar refractivity (Wildman–Crippen MR) is 91.4 cm³/mol. The molecular weight excluding hydrogens is 290 g/mol. The van der Waals surface area contributed by atoms with Gasteiger partial charge in [0.2, 0.25) is 0 Å². The molecule has 23 heavy (non-hydrogen) atoms. The van der Waals surface area contributed by atoms with Gasteiger partial charge in [-0.15, -0.1) is 0 Å². The van der Waals surface area contributed by atoms with E-state index in [0.717, 1.165) is 31.5 Å². The Kier molecular flexibility index (Phi) is 4.86. The van der Waals surface area contributed by atoms with Crippen molar-refractivity contribution in [1.29, 1.82) is 0 Å². The van der Waals surface area contributed by atoms with Crippen molar-refractivity contribution in [3.63, 3.8) is 0 Å². The van der Waals surface area contributed by atoms with Crippen LogP contribution in [0.2, 0.25) is 0 Å². The number of benzene rings is 1. The minimum atomic E-state index is -0.390.